The number of ether oxygens (including phenoxy) is 1. The van der Waals surface area contributed by atoms with E-state index in [1.807, 2.05) is 6.92 Å². The molecule has 0 saturated heterocycles. The van der Waals surface area contributed by atoms with E-state index in [1.165, 1.54) is 11.8 Å². The van der Waals surface area contributed by atoms with E-state index in [0.717, 1.165) is 18.6 Å². The average Bonchev–Trinajstić information content (AvgIpc) is 2.83. The Morgan fingerprint density at radius 2 is 2.07 bits per heavy atom. The van der Waals surface area contributed by atoms with Gasteiger partial charge in [0, 0.05) is 12.7 Å². The fraction of sp³-hybridized carbons (Fsp3) is 0.800. The van der Waals surface area contributed by atoms with Gasteiger partial charge in [0.05, 0.1) is 13.0 Å². The van der Waals surface area contributed by atoms with Crippen LogP contribution < -0.4 is 0 Å². The van der Waals surface area contributed by atoms with E-state index in [9.17, 15) is 9.59 Å². The maximum atomic E-state index is 11.2. The summed E-state index contributed by atoms with van der Waals surface area (Å²) in [6.07, 6.45) is 2.57. The highest BCUT2D eigenvalue weighted by atomic mass is 32.2. The first-order chi connectivity index (χ1) is 6.58. The minimum atomic E-state index is -0.130. The molecular weight excluding hydrogens is 200 g/mol. The summed E-state index contributed by atoms with van der Waals surface area (Å²) in [5.41, 5.74) is 0.0720. The first-order valence-corrected chi connectivity index (χ1v) is 5.85. The second-order valence-corrected chi connectivity index (χ2v) is 4.91. The van der Waals surface area contributed by atoms with Crippen molar-refractivity contribution in [2.75, 3.05) is 12.4 Å². The predicted octanol–water partition coefficient (Wildman–Crippen LogP) is 2.00. The molecule has 1 saturated carbocycles. The number of carbonyl (C=O) groups excluding carboxylic acids is 2. The van der Waals surface area contributed by atoms with Crippen LogP contribution >= 0.6 is 11.8 Å². The van der Waals surface area contributed by atoms with E-state index in [-0.39, 0.29) is 16.5 Å². The van der Waals surface area contributed by atoms with Crippen molar-refractivity contribution < 1.29 is 14.3 Å². The summed E-state index contributed by atoms with van der Waals surface area (Å²) in [6.45, 7) is 3.81. The molecule has 0 spiro atoms. The molecule has 0 heterocycles. The van der Waals surface area contributed by atoms with Crippen molar-refractivity contribution in [3.63, 3.8) is 0 Å². The van der Waals surface area contributed by atoms with Gasteiger partial charge in [-0.25, -0.2) is 0 Å². The summed E-state index contributed by atoms with van der Waals surface area (Å²) in [5.74, 6) is 0.635. The summed E-state index contributed by atoms with van der Waals surface area (Å²) < 4.78 is 4.89. The molecule has 14 heavy (non-hydrogen) atoms. The van der Waals surface area contributed by atoms with Gasteiger partial charge in [0.25, 0.3) is 0 Å². The minimum Gasteiger partial charge on any atom is -0.466 e. The second-order valence-electron chi connectivity index (χ2n) is 3.76. The van der Waals surface area contributed by atoms with Gasteiger partial charge in [-0.15, -0.1) is 0 Å². The molecule has 1 aliphatic rings. The number of carbonyl (C=O) groups is 2. The highest BCUT2D eigenvalue weighted by Crippen LogP contribution is 2.51. The second kappa shape index (κ2) is 4.82. The van der Waals surface area contributed by atoms with Gasteiger partial charge in [-0.2, -0.15) is 0 Å². The van der Waals surface area contributed by atoms with E-state index in [1.54, 1.807) is 6.92 Å². The molecule has 0 aromatic heterocycles. The topological polar surface area (TPSA) is 43.4 Å². The molecule has 0 aromatic carbocycles. The average molecular weight is 216 g/mol. The Morgan fingerprint density at radius 1 is 1.43 bits per heavy atom. The summed E-state index contributed by atoms with van der Waals surface area (Å²) in [6, 6.07) is 0. The van der Waals surface area contributed by atoms with E-state index < -0.39 is 0 Å². The van der Waals surface area contributed by atoms with E-state index >= 15 is 0 Å². The van der Waals surface area contributed by atoms with Crippen molar-refractivity contribution in [3.05, 3.63) is 0 Å². The van der Waals surface area contributed by atoms with Crippen LogP contribution in [0.25, 0.3) is 0 Å². The lowest BCUT2D eigenvalue weighted by molar-refractivity contribution is -0.144. The van der Waals surface area contributed by atoms with Crippen molar-refractivity contribution in [1.82, 2.24) is 0 Å². The smallest absolute Gasteiger partial charge is 0.306 e. The third-order valence-corrected chi connectivity index (χ3v) is 3.53. The highest BCUT2D eigenvalue weighted by Gasteiger charge is 2.44. The highest BCUT2D eigenvalue weighted by molar-refractivity contribution is 8.13. The van der Waals surface area contributed by atoms with Crippen LogP contribution in [0.1, 0.15) is 33.1 Å². The molecule has 1 fully saturated rings. The van der Waals surface area contributed by atoms with E-state index in [4.69, 9.17) is 4.74 Å². The maximum Gasteiger partial charge on any atom is 0.306 e. The molecule has 0 atom stereocenters. The molecule has 1 aliphatic carbocycles. The molecule has 0 unspecified atom stereocenters. The zero-order valence-electron chi connectivity index (χ0n) is 8.67. The molecule has 0 aromatic rings. The molecule has 0 aliphatic heterocycles. The molecule has 0 N–H and O–H groups in total. The van der Waals surface area contributed by atoms with Gasteiger partial charge >= 0.3 is 5.97 Å². The number of esters is 1. The molecule has 0 radical (unpaired) electrons. The summed E-state index contributed by atoms with van der Waals surface area (Å²) in [4.78, 5) is 22.0. The fourth-order valence-corrected chi connectivity index (χ4v) is 2.22. The Kier molecular flexibility index (Phi) is 3.98. The molecular formula is C10H16O3S. The van der Waals surface area contributed by atoms with E-state index in [0.29, 0.717) is 13.0 Å². The zero-order chi connectivity index (χ0) is 10.6. The van der Waals surface area contributed by atoms with Gasteiger partial charge in [-0.05, 0) is 25.2 Å². The SMILES string of the molecule is CCOC(=O)CC1(CSC(C)=O)CC1. The Hall–Kier alpha value is -0.510. The van der Waals surface area contributed by atoms with Gasteiger partial charge in [0.15, 0.2) is 5.12 Å². The first-order valence-electron chi connectivity index (χ1n) is 4.87. The maximum absolute atomic E-state index is 11.2. The van der Waals surface area contributed by atoms with Crippen molar-refractivity contribution in [3.8, 4) is 0 Å². The van der Waals surface area contributed by atoms with Crippen molar-refractivity contribution in [1.29, 1.82) is 0 Å². The van der Waals surface area contributed by atoms with Crippen molar-refractivity contribution >= 4 is 22.8 Å². The Labute approximate surface area is 88.6 Å². The number of hydrogen-bond acceptors (Lipinski definition) is 4. The quantitative estimate of drug-likeness (QED) is 0.659. The van der Waals surface area contributed by atoms with E-state index in [2.05, 4.69) is 0 Å². The normalized spacial score (nSPS) is 17.6. The van der Waals surface area contributed by atoms with Crippen LogP contribution in [0.3, 0.4) is 0 Å². The van der Waals surface area contributed by atoms with Crippen molar-refractivity contribution in [2.24, 2.45) is 5.41 Å². The minimum absolute atomic E-state index is 0.0720. The van der Waals surface area contributed by atoms with Gasteiger partial charge in [0.1, 0.15) is 0 Å². The summed E-state index contributed by atoms with van der Waals surface area (Å²) in [7, 11) is 0. The summed E-state index contributed by atoms with van der Waals surface area (Å²) >= 11 is 1.31. The summed E-state index contributed by atoms with van der Waals surface area (Å²) in [5, 5.41) is 0.125. The molecule has 0 amide bonds. The zero-order valence-corrected chi connectivity index (χ0v) is 9.49. The van der Waals surface area contributed by atoms with Crippen LogP contribution in [0.2, 0.25) is 0 Å². The third-order valence-electron chi connectivity index (χ3n) is 2.36. The van der Waals surface area contributed by atoms with Crippen LogP contribution in [0.15, 0.2) is 0 Å². The van der Waals surface area contributed by atoms with Crippen LogP contribution in [-0.4, -0.2) is 23.4 Å². The Bertz CT molecular complexity index is 234. The molecule has 0 bridgehead atoms. The number of hydrogen-bond donors (Lipinski definition) is 0. The lowest BCUT2D eigenvalue weighted by atomic mass is 10.1. The lowest BCUT2D eigenvalue weighted by Crippen LogP contribution is -2.15. The van der Waals surface area contributed by atoms with Gasteiger partial charge in [-0.1, -0.05) is 11.8 Å². The standard InChI is InChI=1S/C10H16O3S/c1-3-13-9(12)6-10(4-5-10)7-14-8(2)11/h3-7H2,1-2H3. The molecule has 3 nitrogen and oxygen atoms in total. The Balaban J connectivity index is 2.28. The molecule has 4 heteroatoms. The largest absolute Gasteiger partial charge is 0.466 e. The Morgan fingerprint density at radius 3 is 2.50 bits per heavy atom. The number of thioether (sulfide) groups is 1. The van der Waals surface area contributed by atoms with Gasteiger partial charge < -0.3 is 4.74 Å². The third kappa shape index (κ3) is 3.70. The molecule has 1 rings (SSSR count). The number of rotatable bonds is 5. The van der Waals surface area contributed by atoms with Crippen LogP contribution in [-0.2, 0) is 14.3 Å². The molecule has 80 valence electrons. The lowest BCUT2D eigenvalue weighted by Gasteiger charge is -2.11. The fourth-order valence-electron chi connectivity index (χ4n) is 1.32. The van der Waals surface area contributed by atoms with Crippen LogP contribution in [0, 0.1) is 5.41 Å². The first kappa shape index (κ1) is 11.6. The van der Waals surface area contributed by atoms with Crippen molar-refractivity contribution in [2.45, 2.75) is 33.1 Å². The predicted molar refractivity (Wildman–Crippen MR) is 56.1 cm³/mol. The van der Waals surface area contributed by atoms with Crippen LogP contribution in [0.4, 0.5) is 0 Å². The van der Waals surface area contributed by atoms with Gasteiger partial charge in [0.2, 0.25) is 0 Å². The van der Waals surface area contributed by atoms with Crippen LogP contribution in [0.5, 0.6) is 0 Å². The van der Waals surface area contributed by atoms with Gasteiger partial charge in [-0.3, -0.25) is 9.59 Å². The monoisotopic (exact) mass is 216 g/mol.